The molecule has 1 heterocycles. The fourth-order valence-electron chi connectivity index (χ4n) is 2.25. The minimum atomic E-state index is -0.0586. The molecular formula is C17H23NO3. The number of nitrogens with one attached hydrogen (secondary N) is 1. The lowest BCUT2D eigenvalue weighted by atomic mass is 10.1. The topological polar surface area (TPSA) is 47.6 Å². The van der Waals surface area contributed by atoms with Crippen molar-refractivity contribution in [2.24, 2.45) is 0 Å². The van der Waals surface area contributed by atoms with Gasteiger partial charge in [-0.15, -0.1) is 0 Å². The molecule has 1 amide bonds. The maximum absolute atomic E-state index is 11.8. The predicted molar refractivity (Wildman–Crippen MR) is 83.3 cm³/mol. The van der Waals surface area contributed by atoms with Crippen LogP contribution in [0.25, 0.3) is 6.08 Å². The first-order valence-corrected chi connectivity index (χ1v) is 7.57. The van der Waals surface area contributed by atoms with Gasteiger partial charge in [0.1, 0.15) is 0 Å². The maximum atomic E-state index is 11.8. The number of ether oxygens (including phenoxy) is 2. The molecule has 1 aromatic rings. The highest BCUT2D eigenvalue weighted by atomic mass is 16.7. The standard InChI is InChI=1S/C17H23NO3/c1-3-4-5-6-13(2)18-17(19)10-8-14-7-9-15-16(11-14)21-12-20-15/h7-11,13H,3-6,12H2,1-2H3,(H,18,19)/b10-8+. The van der Waals surface area contributed by atoms with Gasteiger partial charge in [-0.2, -0.15) is 0 Å². The second-order valence-corrected chi connectivity index (χ2v) is 5.35. The lowest BCUT2D eigenvalue weighted by Crippen LogP contribution is -2.30. The van der Waals surface area contributed by atoms with Gasteiger partial charge in [0.05, 0.1) is 0 Å². The van der Waals surface area contributed by atoms with Gasteiger partial charge in [-0.1, -0.05) is 32.3 Å². The van der Waals surface area contributed by atoms with E-state index in [4.69, 9.17) is 9.47 Å². The second-order valence-electron chi connectivity index (χ2n) is 5.35. The third-order valence-electron chi connectivity index (χ3n) is 3.45. The molecular weight excluding hydrogens is 266 g/mol. The van der Waals surface area contributed by atoms with Gasteiger partial charge in [0.15, 0.2) is 11.5 Å². The predicted octanol–water partition coefficient (Wildman–Crippen LogP) is 3.51. The molecule has 1 N–H and O–H groups in total. The number of hydrogen-bond acceptors (Lipinski definition) is 3. The molecule has 0 aliphatic carbocycles. The van der Waals surface area contributed by atoms with Crippen molar-refractivity contribution in [2.45, 2.75) is 45.6 Å². The van der Waals surface area contributed by atoms with E-state index in [2.05, 4.69) is 12.2 Å². The minimum Gasteiger partial charge on any atom is -0.454 e. The smallest absolute Gasteiger partial charge is 0.244 e. The lowest BCUT2D eigenvalue weighted by molar-refractivity contribution is -0.117. The molecule has 0 radical (unpaired) electrons. The van der Waals surface area contributed by atoms with Gasteiger partial charge in [-0.3, -0.25) is 4.79 Å². The number of fused-ring (bicyclic) bond motifs is 1. The van der Waals surface area contributed by atoms with Crippen LogP contribution in [0.2, 0.25) is 0 Å². The SMILES string of the molecule is CCCCCC(C)NC(=O)/C=C/c1ccc2c(c1)OCO2. The van der Waals surface area contributed by atoms with Crippen molar-refractivity contribution in [2.75, 3.05) is 6.79 Å². The molecule has 1 aromatic carbocycles. The Morgan fingerprint density at radius 3 is 2.95 bits per heavy atom. The molecule has 2 rings (SSSR count). The summed E-state index contributed by atoms with van der Waals surface area (Å²) in [5.74, 6) is 1.42. The van der Waals surface area contributed by atoms with E-state index in [1.807, 2.05) is 25.1 Å². The van der Waals surface area contributed by atoms with Gasteiger partial charge in [0, 0.05) is 12.1 Å². The van der Waals surface area contributed by atoms with Crippen molar-refractivity contribution in [3.8, 4) is 11.5 Å². The summed E-state index contributed by atoms with van der Waals surface area (Å²) in [6.45, 7) is 4.48. The van der Waals surface area contributed by atoms with Crippen LogP contribution >= 0.6 is 0 Å². The molecule has 1 aliphatic heterocycles. The third-order valence-corrected chi connectivity index (χ3v) is 3.45. The molecule has 4 heteroatoms. The molecule has 0 saturated heterocycles. The number of benzene rings is 1. The molecule has 21 heavy (non-hydrogen) atoms. The number of rotatable bonds is 7. The van der Waals surface area contributed by atoms with Crippen LogP contribution < -0.4 is 14.8 Å². The summed E-state index contributed by atoms with van der Waals surface area (Å²) in [5.41, 5.74) is 0.924. The van der Waals surface area contributed by atoms with E-state index < -0.39 is 0 Å². The Kier molecular flexibility index (Phi) is 5.67. The number of amides is 1. The first kappa shape index (κ1) is 15.4. The summed E-state index contributed by atoms with van der Waals surface area (Å²) in [7, 11) is 0. The molecule has 0 fully saturated rings. The quantitative estimate of drug-likeness (QED) is 0.617. The van der Waals surface area contributed by atoms with E-state index in [0.29, 0.717) is 0 Å². The van der Waals surface area contributed by atoms with Gasteiger partial charge in [0.25, 0.3) is 0 Å². The van der Waals surface area contributed by atoms with Crippen molar-refractivity contribution < 1.29 is 14.3 Å². The van der Waals surface area contributed by atoms with E-state index in [1.54, 1.807) is 12.2 Å². The molecule has 1 aliphatic rings. The van der Waals surface area contributed by atoms with E-state index >= 15 is 0 Å². The second kappa shape index (κ2) is 7.72. The van der Waals surface area contributed by atoms with E-state index in [-0.39, 0.29) is 18.7 Å². The molecule has 4 nitrogen and oxygen atoms in total. The molecule has 0 saturated carbocycles. The van der Waals surface area contributed by atoms with Crippen LogP contribution in [0.4, 0.5) is 0 Å². The molecule has 1 atom stereocenters. The zero-order valence-corrected chi connectivity index (χ0v) is 12.7. The molecule has 0 aromatic heterocycles. The van der Waals surface area contributed by atoms with E-state index in [1.165, 1.54) is 12.8 Å². The zero-order chi connectivity index (χ0) is 15.1. The Morgan fingerprint density at radius 1 is 1.33 bits per heavy atom. The van der Waals surface area contributed by atoms with Gasteiger partial charge < -0.3 is 14.8 Å². The summed E-state index contributed by atoms with van der Waals surface area (Å²) in [6.07, 6.45) is 7.95. The number of hydrogen-bond donors (Lipinski definition) is 1. The highest BCUT2D eigenvalue weighted by Gasteiger charge is 2.12. The largest absolute Gasteiger partial charge is 0.454 e. The first-order chi connectivity index (χ1) is 10.2. The number of carbonyl (C=O) groups is 1. The van der Waals surface area contributed by atoms with Crippen LogP contribution in [0.5, 0.6) is 11.5 Å². The average molecular weight is 289 g/mol. The Balaban J connectivity index is 1.81. The Bertz CT molecular complexity index is 511. The minimum absolute atomic E-state index is 0.0586. The van der Waals surface area contributed by atoms with Crippen LogP contribution in [0.1, 0.15) is 45.1 Å². The third kappa shape index (κ3) is 4.81. The fraction of sp³-hybridized carbons (Fsp3) is 0.471. The highest BCUT2D eigenvalue weighted by Crippen LogP contribution is 2.32. The van der Waals surface area contributed by atoms with Crippen molar-refractivity contribution >= 4 is 12.0 Å². The molecule has 0 spiro atoms. The molecule has 114 valence electrons. The fourth-order valence-corrected chi connectivity index (χ4v) is 2.25. The summed E-state index contributed by atoms with van der Waals surface area (Å²) >= 11 is 0. The number of carbonyl (C=O) groups excluding carboxylic acids is 1. The monoisotopic (exact) mass is 289 g/mol. The Hall–Kier alpha value is -1.97. The van der Waals surface area contributed by atoms with Crippen molar-refractivity contribution in [1.82, 2.24) is 5.32 Å². The van der Waals surface area contributed by atoms with Crippen LogP contribution in [-0.4, -0.2) is 18.7 Å². The Morgan fingerprint density at radius 2 is 2.14 bits per heavy atom. The van der Waals surface area contributed by atoms with Crippen molar-refractivity contribution in [1.29, 1.82) is 0 Å². The zero-order valence-electron chi connectivity index (χ0n) is 12.7. The summed E-state index contributed by atoms with van der Waals surface area (Å²) in [5, 5.41) is 2.98. The van der Waals surface area contributed by atoms with Crippen LogP contribution in [0.15, 0.2) is 24.3 Å². The Labute approximate surface area is 126 Å². The average Bonchev–Trinajstić information content (AvgIpc) is 2.93. The lowest BCUT2D eigenvalue weighted by Gasteiger charge is -2.11. The van der Waals surface area contributed by atoms with Crippen LogP contribution in [0.3, 0.4) is 0 Å². The molecule has 0 bridgehead atoms. The van der Waals surface area contributed by atoms with Gasteiger partial charge in [-0.25, -0.2) is 0 Å². The number of unbranched alkanes of at least 4 members (excludes halogenated alkanes) is 2. The van der Waals surface area contributed by atoms with Crippen LogP contribution in [0, 0.1) is 0 Å². The normalized spacial score (nSPS) is 14.4. The van der Waals surface area contributed by atoms with Crippen molar-refractivity contribution in [3.63, 3.8) is 0 Å². The highest BCUT2D eigenvalue weighted by molar-refractivity contribution is 5.92. The first-order valence-electron chi connectivity index (χ1n) is 7.57. The molecule has 1 unspecified atom stereocenters. The van der Waals surface area contributed by atoms with Crippen molar-refractivity contribution in [3.05, 3.63) is 29.8 Å². The van der Waals surface area contributed by atoms with Gasteiger partial charge >= 0.3 is 0 Å². The van der Waals surface area contributed by atoms with Gasteiger partial charge in [-0.05, 0) is 37.1 Å². The summed E-state index contributed by atoms with van der Waals surface area (Å²) in [4.78, 5) is 11.8. The van der Waals surface area contributed by atoms with Gasteiger partial charge in [0.2, 0.25) is 12.7 Å². The van der Waals surface area contributed by atoms with Crippen LogP contribution in [-0.2, 0) is 4.79 Å². The van der Waals surface area contributed by atoms with E-state index in [9.17, 15) is 4.79 Å². The van der Waals surface area contributed by atoms with E-state index in [0.717, 1.165) is 29.9 Å². The maximum Gasteiger partial charge on any atom is 0.244 e. The summed E-state index contributed by atoms with van der Waals surface area (Å²) < 4.78 is 10.6. The summed E-state index contributed by atoms with van der Waals surface area (Å²) in [6, 6.07) is 5.84.